The maximum absolute atomic E-state index is 12.2. The first kappa shape index (κ1) is 9.64. The Bertz CT molecular complexity index is 505. The molecule has 82 valence electrons. The van der Waals surface area contributed by atoms with Crippen molar-refractivity contribution >= 4 is 11.6 Å². The highest BCUT2D eigenvalue weighted by molar-refractivity contribution is 6.02. The van der Waals surface area contributed by atoms with Crippen molar-refractivity contribution in [2.75, 3.05) is 11.9 Å². The zero-order valence-corrected chi connectivity index (χ0v) is 9.66. The van der Waals surface area contributed by atoms with Gasteiger partial charge < -0.3 is 4.90 Å². The molecule has 0 bridgehead atoms. The quantitative estimate of drug-likeness (QED) is 0.606. The van der Waals surface area contributed by atoms with Crippen molar-refractivity contribution in [1.82, 2.24) is 0 Å². The molecule has 0 saturated heterocycles. The van der Waals surface area contributed by atoms with Gasteiger partial charge in [-0.2, -0.15) is 0 Å². The van der Waals surface area contributed by atoms with Crippen molar-refractivity contribution < 1.29 is 4.79 Å². The summed E-state index contributed by atoms with van der Waals surface area (Å²) in [7, 11) is 1.85. The number of carbonyl (C=O) groups excluding carboxylic acids is 1. The third-order valence-electron chi connectivity index (χ3n) is 4.10. The van der Waals surface area contributed by atoms with Gasteiger partial charge >= 0.3 is 0 Å². The lowest BCUT2D eigenvalue weighted by Crippen LogP contribution is -2.56. The number of benzene rings is 1. The molecule has 16 heavy (non-hydrogen) atoms. The standard InChI is InChI=1S/C14H15NO/c1-9-8-14(2)10-6-4-5-7-11(10)15(3)13(16)12(9)14/h4-7,12H,1,8H2,2-3H3/t12-,14+/m0/s1. The van der Waals surface area contributed by atoms with Crippen LogP contribution in [0.1, 0.15) is 18.9 Å². The molecular formula is C14H15NO. The molecule has 2 nitrogen and oxygen atoms in total. The van der Waals surface area contributed by atoms with Gasteiger partial charge in [0.2, 0.25) is 5.91 Å². The molecule has 2 atom stereocenters. The van der Waals surface area contributed by atoms with Crippen LogP contribution in [0.4, 0.5) is 5.69 Å². The highest BCUT2D eigenvalue weighted by Gasteiger charge is 2.55. The normalized spacial score (nSPS) is 31.9. The maximum Gasteiger partial charge on any atom is 0.234 e. The summed E-state index contributed by atoms with van der Waals surface area (Å²) >= 11 is 0. The molecule has 0 aromatic heterocycles. The number of rotatable bonds is 0. The van der Waals surface area contributed by atoms with E-state index in [0.29, 0.717) is 0 Å². The van der Waals surface area contributed by atoms with Gasteiger partial charge in [0.1, 0.15) is 0 Å². The molecule has 1 aromatic carbocycles. The van der Waals surface area contributed by atoms with E-state index in [1.54, 1.807) is 4.90 Å². The molecular weight excluding hydrogens is 198 g/mol. The van der Waals surface area contributed by atoms with Gasteiger partial charge in [-0.15, -0.1) is 0 Å². The largest absolute Gasteiger partial charge is 0.315 e. The molecule has 3 rings (SSSR count). The number of para-hydroxylation sites is 1. The molecule has 2 aliphatic rings. The Morgan fingerprint density at radius 3 is 2.81 bits per heavy atom. The number of carbonyl (C=O) groups is 1. The fourth-order valence-corrected chi connectivity index (χ4v) is 3.25. The number of hydrogen-bond acceptors (Lipinski definition) is 1. The second-order valence-corrected chi connectivity index (χ2v) is 5.10. The Kier molecular flexibility index (Phi) is 1.66. The van der Waals surface area contributed by atoms with Crippen LogP contribution < -0.4 is 4.90 Å². The van der Waals surface area contributed by atoms with E-state index in [1.807, 2.05) is 25.2 Å². The van der Waals surface area contributed by atoms with E-state index in [2.05, 4.69) is 19.6 Å². The van der Waals surface area contributed by atoms with Crippen LogP contribution in [0.15, 0.2) is 36.4 Å². The molecule has 1 aliphatic heterocycles. The molecule has 0 spiro atoms. The van der Waals surface area contributed by atoms with Crippen LogP contribution in [0.2, 0.25) is 0 Å². The number of nitrogens with zero attached hydrogens (tertiary/aromatic N) is 1. The summed E-state index contributed by atoms with van der Waals surface area (Å²) in [5, 5.41) is 0. The average Bonchev–Trinajstić information content (AvgIpc) is 2.26. The predicted molar refractivity (Wildman–Crippen MR) is 64.5 cm³/mol. The first-order valence-corrected chi connectivity index (χ1v) is 5.60. The lowest BCUT2D eigenvalue weighted by molar-refractivity contribution is -0.125. The summed E-state index contributed by atoms with van der Waals surface area (Å²) in [6.45, 7) is 6.18. The Balaban J connectivity index is 2.24. The monoisotopic (exact) mass is 213 g/mol. The van der Waals surface area contributed by atoms with Crippen LogP contribution in [-0.2, 0) is 10.2 Å². The van der Waals surface area contributed by atoms with Crippen molar-refractivity contribution in [3.8, 4) is 0 Å². The molecule has 0 radical (unpaired) electrons. The van der Waals surface area contributed by atoms with Crippen LogP contribution >= 0.6 is 0 Å². The topological polar surface area (TPSA) is 20.3 Å². The van der Waals surface area contributed by atoms with Crippen molar-refractivity contribution in [3.05, 3.63) is 42.0 Å². The van der Waals surface area contributed by atoms with Gasteiger partial charge in [0.25, 0.3) is 0 Å². The number of amides is 1. The minimum Gasteiger partial charge on any atom is -0.315 e. The number of hydrogen-bond donors (Lipinski definition) is 0. The summed E-state index contributed by atoms with van der Waals surface area (Å²) in [4.78, 5) is 14.0. The maximum atomic E-state index is 12.2. The van der Waals surface area contributed by atoms with Crippen LogP contribution in [0.25, 0.3) is 0 Å². The molecule has 1 heterocycles. The Morgan fingerprint density at radius 2 is 2.12 bits per heavy atom. The molecule has 1 aromatic rings. The van der Waals surface area contributed by atoms with Crippen LogP contribution in [-0.4, -0.2) is 13.0 Å². The Labute approximate surface area is 95.6 Å². The second-order valence-electron chi connectivity index (χ2n) is 5.10. The zero-order valence-electron chi connectivity index (χ0n) is 9.66. The first-order valence-electron chi connectivity index (χ1n) is 5.60. The van der Waals surface area contributed by atoms with Crippen LogP contribution in [0.3, 0.4) is 0 Å². The van der Waals surface area contributed by atoms with Gasteiger partial charge in [-0.25, -0.2) is 0 Å². The SMILES string of the molecule is C=C1C[C@]2(C)c3ccccc3N(C)C(=O)[C@H]12. The van der Waals surface area contributed by atoms with E-state index in [9.17, 15) is 4.79 Å². The van der Waals surface area contributed by atoms with Crippen LogP contribution in [0, 0.1) is 5.92 Å². The van der Waals surface area contributed by atoms with E-state index in [0.717, 1.165) is 17.7 Å². The number of anilines is 1. The van der Waals surface area contributed by atoms with Gasteiger partial charge in [0, 0.05) is 18.2 Å². The van der Waals surface area contributed by atoms with Gasteiger partial charge in [0.15, 0.2) is 0 Å². The third kappa shape index (κ3) is 0.902. The lowest BCUT2D eigenvalue weighted by atomic mass is 9.53. The van der Waals surface area contributed by atoms with Crippen molar-refractivity contribution in [1.29, 1.82) is 0 Å². The van der Waals surface area contributed by atoms with Crippen molar-refractivity contribution in [3.63, 3.8) is 0 Å². The summed E-state index contributed by atoms with van der Waals surface area (Å²) in [5.74, 6) is 0.185. The van der Waals surface area contributed by atoms with Gasteiger partial charge in [-0.3, -0.25) is 4.79 Å². The zero-order chi connectivity index (χ0) is 11.5. The highest BCUT2D eigenvalue weighted by atomic mass is 16.2. The summed E-state index contributed by atoms with van der Waals surface area (Å²) in [6.07, 6.45) is 0.939. The van der Waals surface area contributed by atoms with Gasteiger partial charge in [-0.1, -0.05) is 37.3 Å². The molecule has 1 fully saturated rings. The molecule has 2 heteroatoms. The molecule has 0 N–H and O–H groups in total. The summed E-state index contributed by atoms with van der Waals surface area (Å²) in [5.41, 5.74) is 3.40. The lowest BCUT2D eigenvalue weighted by Gasteiger charge is -2.54. The third-order valence-corrected chi connectivity index (χ3v) is 4.10. The Hall–Kier alpha value is -1.57. The van der Waals surface area contributed by atoms with E-state index >= 15 is 0 Å². The van der Waals surface area contributed by atoms with E-state index < -0.39 is 0 Å². The van der Waals surface area contributed by atoms with E-state index in [-0.39, 0.29) is 17.2 Å². The molecule has 1 aliphatic carbocycles. The fourth-order valence-electron chi connectivity index (χ4n) is 3.25. The van der Waals surface area contributed by atoms with Crippen molar-refractivity contribution in [2.24, 2.45) is 5.92 Å². The van der Waals surface area contributed by atoms with Gasteiger partial charge in [0.05, 0.1) is 5.92 Å². The minimum absolute atomic E-state index is 0.00704. The minimum atomic E-state index is -0.0166. The van der Waals surface area contributed by atoms with Crippen molar-refractivity contribution in [2.45, 2.75) is 18.8 Å². The highest BCUT2D eigenvalue weighted by Crippen LogP contribution is 2.57. The molecule has 0 unspecified atom stereocenters. The summed E-state index contributed by atoms with van der Waals surface area (Å²) in [6, 6.07) is 8.19. The van der Waals surface area contributed by atoms with E-state index in [1.165, 1.54) is 5.56 Å². The fraction of sp³-hybridized carbons (Fsp3) is 0.357. The molecule has 1 amide bonds. The predicted octanol–water partition coefficient (Wildman–Crippen LogP) is 2.50. The Morgan fingerprint density at radius 1 is 1.44 bits per heavy atom. The average molecular weight is 213 g/mol. The summed E-state index contributed by atoms with van der Waals surface area (Å²) < 4.78 is 0. The second kappa shape index (κ2) is 2.76. The smallest absolute Gasteiger partial charge is 0.234 e. The van der Waals surface area contributed by atoms with Crippen LogP contribution in [0.5, 0.6) is 0 Å². The molecule has 1 saturated carbocycles. The van der Waals surface area contributed by atoms with E-state index in [4.69, 9.17) is 0 Å². The number of fused-ring (bicyclic) bond motifs is 3. The van der Waals surface area contributed by atoms with Gasteiger partial charge in [-0.05, 0) is 18.1 Å². The first-order chi connectivity index (χ1) is 7.55.